The predicted molar refractivity (Wildman–Crippen MR) is 67.3 cm³/mol. The number of benzene rings is 1. The second-order valence-corrected chi connectivity index (χ2v) is 4.90. The number of hydrogen-bond donors (Lipinski definition) is 1. The molecule has 3 nitrogen and oxygen atoms in total. The van der Waals surface area contributed by atoms with E-state index < -0.39 is 0 Å². The third kappa shape index (κ3) is 1.93. The highest BCUT2D eigenvalue weighted by Crippen LogP contribution is 2.27. The maximum Gasteiger partial charge on any atom is 0.153 e. The quantitative estimate of drug-likeness (QED) is 0.861. The van der Waals surface area contributed by atoms with E-state index in [1.54, 1.807) is 0 Å². The summed E-state index contributed by atoms with van der Waals surface area (Å²) in [5.74, 6) is 2.15. The second-order valence-electron chi connectivity index (χ2n) is 3.78. The first kappa shape index (κ1) is 9.78. The molecule has 1 aromatic carbocycles. The molecule has 82 valence electrons. The molecule has 1 aliphatic rings. The minimum atomic E-state index is 0.940. The smallest absolute Gasteiger partial charge is 0.153 e. The molecule has 16 heavy (non-hydrogen) atoms. The molecular weight excluding hydrogens is 218 g/mol. The van der Waals surface area contributed by atoms with Crippen molar-refractivity contribution in [1.29, 1.82) is 0 Å². The van der Waals surface area contributed by atoms with Crippen LogP contribution in [0.2, 0.25) is 0 Å². The van der Waals surface area contributed by atoms with Crippen molar-refractivity contribution in [2.75, 3.05) is 11.1 Å². The van der Waals surface area contributed by atoms with Crippen molar-refractivity contribution in [2.24, 2.45) is 0 Å². The van der Waals surface area contributed by atoms with E-state index >= 15 is 0 Å². The number of aromatic nitrogens is 2. The Labute approximate surface area is 98.9 Å². The molecular formula is C12H13N3S. The number of aryl methyl sites for hydroxylation is 1. The van der Waals surface area contributed by atoms with Crippen LogP contribution in [0.4, 0.5) is 11.5 Å². The molecule has 0 radical (unpaired) electrons. The van der Waals surface area contributed by atoms with Gasteiger partial charge in [0.15, 0.2) is 5.82 Å². The van der Waals surface area contributed by atoms with Crippen molar-refractivity contribution < 1.29 is 0 Å². The van der Waals surface area contributed by atoms with Gasteiger partial charge in [0.05, 0.1) is 5.03 Å². The molecule has 0 unspecified atom stereocenters. The zero-order valence-corrected chi connectivity index (χ0v) is 9.70. The number of para-hydroxylation sites is 1. The van der Waals surface area contributed by atoms with E-state index in [4.69, 9.17) is 0 Å². The van der Waals surface area contributed by atoms with Crippen LogP contribution < -0.4 is 5.32 Å². The molecule has 1 N–H and O–H groups in total. The van der Waals surface area contributed by atoms with Gasteiger partial charge in [-0.1, -0.05) is 18.2 Å². The van der Waals surface area contributed by atoms with Crippen LogP contribution in [0.3, 0.4) is 0 Å². The molecule has 2 aromatic rings. The number of hydrogen-bond acceptors (Lipinski definition) is 3. The SMILES string of the molecule is c1ccc(Nc2cc3n(n2)CCCS3)cc1. The van der Waals surface area contributed by atoms with Crippen LogP contribution in [0.1, 0.15) is 6.42 Å². The van der Waals surface area contributed by atoms with Crippen LogP contribution in [0, 0.1) is 0 Å². The van der Waals surface area contributed by atoms with Gasteiger partial charge in [0, 0.05) is 24.1 Å². The van der Waals surface area contributed by atoms with E-state index in [1.165, 1.54) is 17.2 Å². The number of fused-ring (bicyclic) bond motifs is 1. The molecule has 4 heteroatoms. The van der Waals surface area contributed by atoms with Gasteiger partial charge < -0.3 is 5.32 Å². The maximum absolute atomic E-state index is 4.53. The van der Waals surface area contributed by atoms with Gasteiger partial charge in [-0.15, -0.1) is 11.8 Å². The monoisotopic (exact) mass is 231 g/mol. The van der Waals surface area contributed by atoms with Crippen molar-refractivity contribution in [3.05, 3.63) is 36.4 Å². The van der Waals surface area contributed by atoms with Gasteiger partial charge >= 0.3 is 0 Å². The Morgan fingerprint density at radius 1 is 1.25 bits per heavy atom. The number of nitrogens with one attached hydrogen (secondary N) is 1. The molecule has 0 spiro atoms. The van der Waals surface area contributed by atoms with Crippen molar-refractivity contribution in [1.82, 2.24) is 9.78 Å². The summed E-state index contributed by atoms with van der Waals surface area (Å²) in [6, 6.07) is 12.3. The Balaban J connectivity index is 1.83. The number of nitrogens with zero attached hydrogens (tertiary/aromatic N) is 2. The number of rotatable bonds is 2. The fourth-order valence-electron chi connectivity index (χ4n) is 1.80. The van der Waals surface area contributed by atoms with Crippen molar-refractivity contribution in [3.8, 4) is 0 Å². The highest BCUT2D eigenvalue weighted by Gasteiger charge is 2.12. The Morgan fingerprint density at radius 3 is 2.94 bits per heavy atom. The van der Waals surface area contributed by atoms with Gasteiger partial charge in [-0.05, 0) is 18.6 Å². The van der Waals surface area contributed by atoms with E-state index in [9.17, 15) is 0 Å². The molecule has 0 saturated carbocycles. The Hall–Kier alpha value is -1.42. The summed E-state index contributed by atoms with van der Waals surface area (Å²) in [5.41, 5.74) is 1.09. The minimum Gasteiger partial charge on any atom is -0.339 e. The fourth-order valence-corrected chi connectivity index (χ4v) is 2.76. The lowest BCUT2D eigenvalue weighted by molar-refractivity contribution is 0.550. The average Bonchev–Trinajstić information content (AvgIpc) is 2.72. The predicted octanol–water partition coefficient (Wildman–Crippen LogP) is 3.12. The molecule has 0 bridgehead atoms. The second kappa shape index (κ2) is 4.22. The van der Waals surface area contributed by atoms with Gasteiger partial charge in [-0.25, -0.2) is 0 Å². The van der Waals surface area contributed by atoms with Gasteiger partial charge in [-0.2, -0.15) is 5.10 Å². The summed E-state index contributed by atoms with van der Waals surface area (Å²) >= 11 is 1.88. The van der Waals surface area contributed by atoms with Crippen LogP contribution in [-0.4, -0.2) is 15.5 Å². The molecule has 3 rings (SSSR count). The first-order valence-electron chi connectivity index (χ1n) is 5.44. The third-order valence-electron chi connectivity index (χ3n) is 2.55. The molecule has 2 heterocycles. The average molecular weight is 231 g/mol. The van der Waals surface area contributed by atoms with E-state index in [0.29, 0.717) is 0 Å². The van der Waals surface area contributed by atoms with Gasteiger partial charge in [0.2, 0.25) is 0 Å². The molecule has 0 atom stereocenters. The lowest BCUT2D eigenvalue weighted by Gasteiger charge is -2.11. The summed E-state index contributed by atoms with van der Waals surface area (Å²) in [6.07, 6.45) is 1.21. The Bertz CT molecular complexity index is 455. The summed E-state index contributed by atoms with van der Waals surface area (Å²) in [7, 11) is 0. The normalized spacial score (nSPS) is 14.5. The van der Waals surface area contributed by atoms with Crippen LogP contribution in [0.15, 0.2) is 41.4 Å². The fraction of sp³-hybridized carbons (Fsp3) is 0.250. The molecule has 0 aliphatic carbocycles. The van der Waals surface area contributed by atoms with Crippen molar-refractivity contribution in [2.45, 2.75) is 18.0 Å². The Kier molecular flexibility index (Phi) is 2.58. The van der Waals surface area contributed by atoms with E-state index in [-0.39, 0.29) is 0 Å². The molecule has 1 aromatic heterocycles. The standard InChI is InChI=1S/C12H13N3S/c1-2-5-10(6-3-1)13-11-9-12-15(14-11)7-4-8-16-12/h1-3,5-6,9H,4,7-8H2,(H,13,14). The lowest BCUT2D eigenvalue weighted by atomic mass is 10.3. The van der Waals surface area contributed by atoms with E-state index in [0.717, 1.165) is 18.1 Å². The first-order chi connectivity index (χ1) is 7.92. The van der Waals surface area contributed by atoms with Crippen LogP contribution in [0.5, 0.6) is 0 Å². The number of anilines is 2. The summed E-state index contributed by atoms with van der Waals surface area (Å²) in [6.45, 7) is 1.04. The van der Waals surface area contributed by atoms with Gasteiger partial charge in [0.1, 0.15) is 0 Å². The maximum atomic E-state index is 4.53. The third-order valence-corrected chi connectivity index (χ3v) is 3.67. The largest absolute Gasteiger partial charge is 0.339 e. The van der Waals surface area contributed by atoms with Gasteiger partial charge in [0.25, 0.3) is 0 Å². The summed E-state index contributed by atoms with van der Waals surface area (Å²) in [4.78, 5) is 0. The Morgan fingerprint density at radius 2 is 2.12 bits per heavy atom. The summed E-state index contributed by atoms with van der Waals surface area (Å²) in [5, 5.41) is 9.11. The van der Waals surface area contributed by atoms with Crippen molar-refractivity contribution in [3.63, 3.8) is 0 Å². The van der Waals surface area contributed by atoms with E-state index in [1.807, 2.05) is 42.1 Å². The zero-order chi connectivity index (χ0) is 10.8. The highest BCUT2D eigenvalue weighted by atomic mass is 32.2. The minimum absolute atomic E-state index is 0.940. The lowest BCUT2D eigenvalue weighted by Crippen LogP contribution is -2.07. The highest BCUT2D eigenvalue weighted by molar-refractivity contribution is 7.99. The molecule has 0 saturated heterocycles. The van der Waals surface area contributed by atoms with Crippen LogP contribution in [0.25, 0.3) is 0 Å². The van der Waals surface area contributed by atoms with Crippen LogP contribution in [-0.2, 0) is 6.54 Å². The molecule has 1 aliphatic heterocycles. The summed E-state index contributed by atoms with van der Waals surface area (Å²) < 4.78 is 2.08. The number of thioether (sulfide) groups is 1. The van der Waals surface area contributed by atoms with Crippen LogP contribution >= 0.6 is 11.8 Å². The van der Waals surface area contributed by atoms with Gasteiger partial charge in [-0.3, -0.25) is 4.68 Å². The molecule has 0 amide bonds. The van der Waals surface area contributed by atoms with E-state index in [2.05, 4.69) is 21.2 Å². The first-order valence-corrected chi connectivity index (χ1v) is 6.43. The van der Waals surface area contributed by atoms with Crippen molar-refractivity contribution >= 4 is 23.3 Å². The molecule has 0 fully saturated rings. The zero-order valence-electron chi connectivity index (χ0n) is 8.89. The topological polar surface area (TPSA) is 29.9 Å².